The highest BCUT2D eigenvalue weighted by Gasteiger charge is 2.61. The Morgan fingerprint density at radius 2 is 1.74 bits per heavy atom. The highest BCUT2D eigenvalue weighted by atomic mass is 16.4. The van der Waals surface area contributed by atoms with Crippen molar-refractivity contribution < 1.29 is 9.90 Å². The van der Waals surface area contributed by atoms with Gasteiger partial charge in [0.2, 0.25) is 0 Å². The van der Waals surface area contributed by atoms with Gasteiger partial charge in [-0.2, -0.15) is 0 Å². The highest BCUT2D eigenvalue weighted by molar-refractivity contribution is 5.83. The molecule has 19 heavy (non-hydrogen) atoms. The van der Waals surface area contributed by atoms with E-state index in [4.69, 9.17) is 0 Å². The lowest BCUT2D eigenvalue weighted by atomic mass is 9.44. The molecule has 0 amide bonds. The van der Waals surface area contributed by atoms with Crippen LogP contribution in [0.5, 0.6) is 0 Å². The molecule has 0 saturated heterocycles. The SMILES string of the molecule is CC(C)c1ccc(C2(C(=O)O)CC3(CCC3)C2)cc1. The Kier molecular flexibility index (Phi) is 2.74. The van der Waals surface area contributed by atoms with E-state index < -0.39 is 11.4 Å². The fraction of sp³-hybridized carbons (Fsp3) is 0.588. The van der Waals surface area contributed by atoms with Crippen molar-refractivity contribution in [3.63, 3.8) is 0 Å². The van der Waals surface area contributed by atoms with Crippen LogP contribution in [-0.2, 0) is 10.2 Å². The number of aliphatic carboxylic acids is 1. The van der Waals surface area contributed by atoms with Crippen LogP contribution in [-0.4, -0.2) is 11.1 Å². The molecule has 0 aliphatic heterocycles. The van der Waals surface area contributed by atoms with Gasteiger partial charge in [-0.05, 0) is 48.1 Å². The largest absolute Gasteiger partial charge is 0.481 e. The van der Waals surface area contributed by atoms with Gasteiger partial charge in [-0.3, -0.25) is 4.79 Å². The van der Waals surface area contributed by atoms with E-state index in [1.807, 2.05) is 12.1 Å². The first-order valence-electron chi connectivity index (χ1n) is 7.31. The molecular weight excluding hydrogens is 236 g/mol. The molecule has 0 atom stereocenters. The van der Waals surface area contributed by atoms with Gasteiger partial charge in [0.1, 0.15) is 0 Å². The third kappa shape index (κ3) is 1.80. The summed E-state index contributed by atoms with van der Waals surface area (Å²) in [7, 11) is 0. The first kappa shape index (κ1) is 12.7. The summed E-state index contributed by atoms with van der Waals surface area (Å²) in [5, 5.41) is 9.67. The summed E-state index contributed by atoms with van der Waals surface area (Å²) in [5.74, 6) is -0.142. The number of carboxylic acid groups (broad SMARTS) is 1. The van der Waals surface area contributed by atoms with Crippen molar-refractivity contribution in [1.29, 1.82) is 0 Å². The van der Waals surface area contributed by atoms with Crippen LogP contribution in [0.15, 0.2) is 24.3 Å². The smallest absolute Gasteiger partial charge is 0.314 e. The predicted octanol–water partition coefficient (Wildman–Crippen LogP) is 4.10. The summed E-state index contributed by atoms with van der Waals surface area (Å²) < 4.78 is 0. The van der Waals surface area contributed by atoms with Gasteiger partial charge in [0.05, 0.1) is 5.41 Å². The second-order valence-corrected chi connectivity index (χ2v) is 6.87. The quantitative estimate of drug-likeness (QED) is 0.886. The van der Waals surface area contributed by atoms with Gasteiger partial charge in [0, 0.05) is 0 Å². The second-order valence-electron chi connectivity index (χ2n) is 6.87. The monoisotopic (exact) mass is 258 g/mol. The van der Waals surface area contributed by atoms with E-state index in [9.17, 15) is 9.90 Å². The van der Waals surface area contributed by atoms with Crippen molar-refractivity contribution in [3.05, 3.63) is 35.4 Å². The summed E-state index contributed by atoms with van der Waals surface area (Å²) >= 11 is 0. The Balaban J connectivity index is 1.87. The minimum Gasteiger partial charge on any atom is -0.481 e. The Morgan fingerprint density at radius 3 is 2.11 bits per heavy atom. The summed E-state index contributed by atoms with van der Waals surface area (Å²) in [6, 6.07) is 8.26. The van der Waals surface area contributed by atoms with Crippen molar-refractivity contribution in [1.82, 2.24) is 0 Å². The molecule has 0 aromatic heterocycles. The van der Waals surface area contributed by atoms with Crippen LogP contribution >= 0.6 is 0 Å². The van der Waals surface area contributed by atoms with Crippen molar-refractivity contribution in [2.75, 3.05) is 0 Å². The summed E-state index contributed by atoms with van der Waals surface area (Å²) in [6.07, 6.45) is 5.42. The van der Waals surface area contributed by atoms with Crippen LogP contribution in [0.3, 0.4) is 0 Å². The fourth-order valence-electron chi connectivity index (χ4n) is 3.92. The molecule has 2 aliphatic carbocycles. The van der Waals surface area contributed by atoms with Crippen LogP contribution in [0.4, 0.5) is 0 Å². The number of carboxylic acids is 1. The minimum atomic E-state index is -0.637. The number of carbonyl (C=O) groups is 1. The van der Waals surface area contributed by atoms with Crippen molar-refractivity contribution in [2.45, 2.75) is 57.3 Å². The molecule has 0 unspecified atom stereocenters. The van der Waals surface area contributed by atoms with Crippen LogP contribution in [0.1, 0.15) is 63.0 Å². The van der Waals surface area contributed by atoms with E-state index in [0.29, 0.717) is 11.3 Å². The lowest BCUT2D eigenvalue weighted by Crippen LogP contribution is -2.57. The molecule has 1 N–H and O–H groups in total. The molecular formula is C17H22O2. The second kappa shape index (κ2) is 4.09. The molecule has 0 bridgehead atoms. The lowest BCUT2D eigenvalue weighted by Gasteiger charge is -2.59. The third-order valence-electron chi connectivity index (χ3n) is 5.31. The molecule has 2 nitrogen and oxygen atoms in total. The van der Waals surface area contributed by atoms with Crippen LogP contribution in [0, 0.1) is 5.41 Å². The Labute approximate surface area is 114 Å². The number of rotatable bonds is 3. The summed E-state index contributed by atoms with van der Waals surface area (Å²) in [6.45, 7) is 4.32. The molecule has 1 aromatic rings. The molecule has 2 saturated carbocycles. The topological polar surface area (TPSA) is 37.3 Å². The van der Waals surface area contributed by atoms with Gasteiger partial charge in [0.15, 0.2) is 0 Å². The predicted molar refractivity (Wildman–Crippen MR) is 75.4 cm³/mol. The molecule has 2 fully saturated rings. The van der Waals surface area contributed by atoms with E-state index in [-0.39, 0.29) is 0 Å². The Morgan fingerprint density at radius 1 is 1.16 bits per heavy atom. The van der Waals surface area contributed by atoms with Gasteiger partial charge < -0.3 is 5.11 Å². The Hall–Kier alpha value is -1.31. The number of hydrogen-bond donors (Lipinski definition) is 1. The first-order chi connectivity index (χ1) is 8.97. The molecule has 2 aliphatic rings. The van der Waals surface area contributed by atoms with Gasteiger partial charge in [-0.15, -0.1) is 0 Å². The van der Waals surface area contributed by atoms with E-state index >= 15 is 0 Å². The molecule has 3 rings (SSSR count). The highest BCUT2D eigenvalue weighted by Crippen LogP contribution is 2.65. The average Bonchev–Trinajstić information content (AvgIpc) is 2.26. The van der Waals surface area contributed by atoms with Crippen molar-refractivity contribution >= 4 is 5.97 Å². The maximum atomic E-state index is 11.8. The summed E-state index contributed by atoms with van der Waals surface area (Å²) in [5.41, 5.74) is 2.05. The van der Waals surface area contributed by atoms with Crippen LogP contribution in [0.25, 0.3) is 0 Å². The molecule has 1 spiro atoms. The van der Waals surface area contributed by atoms with Gasteiger partial charge in [0.25, 0.3) is 0 Å². The standard InChI is InChI=1S/C17H22O2/c1-12(2)13-4-6-14(7-5-13)17(15(18)19)10-16(11-17)8-3-9-16/h4-7,12H,3,8-11H2,1-2H3,(H,18,19). The normalized spacial score (nSPS) is 22.9. The van der Waals surface area contributed by atoms with E-state index in [0.717, 1.165) is 18.4 Å². The van der Waals surface area contributed by atoms with Crippen LogP contribution in [0.2, 0.25) is 0 Å². The third-order valence-corrected chi connectivity index (χ3v) is 5.31. The zero-order valence-electron chi connectivity index (χ0n) is 11.8. The molecule has 1 aromatic carbocycles. The van der Waals surface area contributed by atoms with E-state index in [1.165, 1.54) is 24.8 Å². The maximum Gasteiger partial charge on any atom is 0.314 e. The van der Waals surface area contributed by atoms with Gasteiger partial charge >= 0.3 is 5.97 Å². The average molecular weight is 258 g/mol. The Bertz CT molecular complexity index is 486. The van der Waals surface area contributed by atoms with E-state index in [2.05, 4.69) is 26.0 Å². The first-order valence-corrected chi connectivity index (χ1v) is 7.31. The van der Waals surface area contributed by atoms with Crippen molar-refractivity contribution in [3.8, 4) is 0 Å². The maximum absolute atomic E-state index is 11.8. The zero-order chi connectivity index (χ0) is 13.7. The zero-order valence-corrected chi connectivity index (χ0v) is 11.8. The van der Waals surface area contributed by atoms with Crippen LogP contribution < -0.4 is 0 Å². The fourth-order valence-corrected chi connectivity index (χ4v) is 3.92. The lowest BCUT2D eigenvalue weighted by molar-refractivity contribution is -0.160. The molecule has 0 radical (unpaired) electrons. The van der Waals surface area contributed by atoms with Gasteiger partial charge in [-0.1, -0.05) is 44.5 Å². The minimum absolute atomic E-state index is 0.370. The number of hydrogen-bond acceptors (Lipinski definition) is 1. The molecule has 0 heterocycles. The van der Waals surface area contributed by atoms with Gasteiger partial charge in [-0.25, -0.2) is 0 Å². The van der Waals surface area contributed by atoms with Crippen molar-refractivity contribution in [2.24, 2.45) is 5.41 Å². The summed E-state index contributed by atoms with van der Waals surface area (Å²) in [4.78, 5) is 11.8. The van der Waals surface area contributed by atoms with E-state index in [1.54, 1.807) is 0 Å². The number of benzene rings is 1. The molecule has 102 valence electrons. The molecule has 2 heteroatoms.